The van der Waals surface area contributed by atoms with Crippen LogP contribution in [0, 0.1) is 0 Å². The van der Waals surface area contributed by atoms with Crippen LogP contribution in [0.2, 0.25) is 0 Å². The summed E-state index contributed by atoms with van der Waals surface area (Å²) in [6.45, 7) is 0.910. The Hall–Kier alpha value is -2.19. The van der Waals surface area contributed by atoms with Crippen molar-refractivity contribution in [2.75, 3.05) is 0 Å². The Kier molecular flexibility index (Phi) is 3.51. The predicted molar refractivity (Wildman–Crippen MR) is 40.4 cm³/mol. The average molecular weight is 207 g/mol. The van der Waals surface area contributed by atoms with Gasteiger partial charge in [0.15, 0.2) is 0 Å². The largest absolute Gasteiger partial charge is 0.424 e. The first kappa shape index (κ1) is 11.8. The van der Waals surface area contributed by atoms with E-state index in [1.165, 1.54) is 0 Å². The number of ether oxygens (including phenoxy) is 3. The van der Waals surface area contributed by atoms with Crippen molar-refractivity contribution in [3.05, 3.63) is 0 Å². The maximum absolute atomic E-state index is 10.3. The SMILES string of the molecule is CC(OC(N)=O)(OC(N)=O)OC(N)=O. The molecule has 0 saturated carbocycles. The molecular weight excluding hydrogens is 198 g/mol. The van der Waals surface area contributed by atoms with Gasteiger partial charge in [-0.3, -0.25) is 0 Å². The zero-order valence-corrected chi connectivity index (χ0v) is 7.18. The van der Waals surface area contributed by atoms with E-state index in [1.54, 1.807) is 0 Å². The number of amides is 3. The number of rotatable bonds is 3. The van der Waals surface area contributed by atoms with Gasteiger partial charge in [-0.05, 0) is 0 Å². The molecule has 9 heteroatoms. The second-order valence-electron chi connectivity index (χ2n) is 2.13. The van der Waals surface area contributed by atoms with Crippen LogP contribution in [0.15, 0.2) is 0 Å². The molecule has 0 heterocycles. The second-order valence-corrected chi connectivity index (χ2v) is 2.13. The van der Waals surface area contributed by atoms with Crippen LogP contribution in [0.25, 0.3) is 0 Å². The average Bonchev–Trinajstić information content (AvgIpc) is 1.76. The third-order valence-electron chi connectivity index (χ3n) is 0.858. The third kappa shape index (κ3) is 4.64. The van der Waals surface area contributed by atoms with Crippen LogP contribution in [0.5, 0.6) is 0 Å². The van der Waals surface area contributed by atoms with Crippen LogP contribution >= 0.6 is 0 Å². The molecule has 0 rings (SSSR count). The van der Waals surface area contributed by atoms with E-state index in [2.05, 4.69) is 31.4 Å². The molecule has 0 aromatic rings. The van der Waals surface area contributed by atoms with Crippen LogP contribution in [-0.2, 0) is 14.2 Å². The van der Waals surface area contributed by atoms with Crippen LogP contribution < -0.4 is 17.2 Å². The lowest BCUT2D eigenvalue weighted by Gasteiger charge is -2.24. The van der Waals surface area contributed by atoms with E-state index in [0.29, 0.717) is 0 Å². The summed E-state index contributed by atoms with van der Waals surface area (Å²) < 4.78 is 12.5. The molecule has 0 fully saturated rings. The molecule has 0 aromatic heterocycles. The molecule has 3 amide bonds. The molecule has 6 N–H and O–H groups in total. The highest BCUT2D eigenvalue weighted by atomic mass is 16.9. The van der Waals surface area contributed by atoms with Crippen LogP contribution in [-0.4, -0.2) is 24.3 Å². The van der Waals surface area contributed by atoms with Crippen LogP contribution in [0.3, 0.4) is 0 Å². The van der Waals surface area contributed by atoms with Gasteiger partial charge in [0.05, 0.1) is 6.92 Å². The normalized spacial score (nSPS) is 10.1. The maximum atomic E-state index is 10.3. The van der Waals surface area contributed by atoms with Gasteiger partial charge in [-0.1, -0.05) is 0 Å². The van der Waals surface area contributed by atoms with Crippen LogP contribution in [0.1, 0.15) is 6.92 Å². The Morgan fingerprint density at radius 2 is 1.07 bits per heavy atom. The van der Waals surface area contributed by atoms with Crippen molar-refractivity contribution in [1.29, 1.82) is 0 Å². The maximum Gasteiger partial charge on any atom is 0.424 e. The molecule has 14 heavy (non-hydrogen) atoms. The fourth-order valence-corrected chi connectivity index (χ4v) is 0.611. The highest BCUT2D eigenvalue weighted by Gasteiger charge is 2.36. The monoisotopic (exact) mass is 207 g/mol. The first-order valence-corrected chi connectivity index (χ1v) is 3.20. The second kappa shape index (κ2) is 4.16. The van der Waals surface area contributed by atoms with Gasteiger partial charge in [-0.25, -0.2) is 14.4 Å². The van der Waals surface area contributed by atoms with E-state index in [1.807, 2.05) is 0 Å². The number of carbonyl (C=O) groups is 3. The molecular formula is C5H9N3O6. The summed E-state index contributed by atoms with van der Waals surface area (Å²) in [5.74, 6) is -2.36. The van der Waals surface area contributed by atoms with E-state index < -0.39 is 24.3 Å². The van der Waals surface area contributed by atoms with Gasteiger partial charge in [0.25, 0.3) is 0 Å². The predicted octanol–water partition coefficient (Wildman–Crippen LogP) is -1.05. The summed E-state index contributed by atoms with van der Waals surface area (Å²) in [6.07, 6.45) is -4.01. The first-order valence-electron chi connectivity index (χ1n) is 3.20. The lowest BCUT2D eigenvalue weighted by atomic mass is 10.6. The molecule has 0 aromatic carbocycles. The van der Waals surface area contributed by atoms with Crippen molar-refractivity contribution >= 4 is 18.3 Å². The molecule has 0 saturated heterocycles. The van der Waals surface area contributed by atoms with Gasteiger partial charge in [0.2, 0.25) is 0 Å². The summed E-state index contributed by atoms with van der Waals surface area (Å²) in [5.41, 5.74) is 13.8. The summed E-state index contributed by atoms with van der Waals surface area (Å²) in [7, 11) is 0. The molecule has 80 valence electrons. The Labute approximate surface area is 78.0 Å². The molecule has 0 spiro atoms. The molecule has 0 unspecified atom stereocenters. The zero-order chi connectivity index (χ0) is 11.4. The first-order chi connectivity index (χ1) is 6.25. The van der Waals surface area contributed by atoms with E-state index in [-0.39, 0.29) is 0 Å². The highest BCUT2D eigenvalue weighted by Crippen LogP contribution is 2.14. The summed E-state index contributed by atoms with van der Waals surface area (Å²) in [4.78, 5) is 30.9. The van der Waals surface area contributed by atoms with Crippen molar-refractivity contribution in [2.45, 2.75) is 12.9 Å². The Bertz CT molecular complexity index is 223. The van der Waals surface area contributed by atoms with Gasteiger partial charge >= 0.3 is 24.3 Å². The van der Waals surface area contributed by atoms with E-state index in [0.717, 1.165) is 6.92 Å². The number of hydrogen-bond acceptors (Lipinski definition) is 6. The van der Waals surface area contributed by atoms with Gasteiger partial charge in [-0.15, -0.1) is 0 Å². The third-order valence-corrected chi connectivity index (χ3v) is 0.858. The minimum Gasteiger partial charge on any atom is -0.371 e. The standard InChI is InChI=1S/C5H9N3O6/c1-5(12-2(6)9,13-3(7)10)14-4(8)11/h1H3,(H2,6,9)(H2,7,10)(H2,8,11). The minimum atomic E-state index is -2.36. The van der Waals surface area contributed by atoms with E-state index >= 15 is 0 Å². The molecule has 0 atom stereocenters. The molecule has 0 aliphatic carbocycles. The molecule has 0 bridgehead atoms. The fraction of sp³-hybridized carbons (Fsp3) is 0.400. The van der Waals surface area contributed by atoms with E-state index in [4.69, 9.17) is 0 Å². The molecule has 0 aliphatic rings. The Morgan fingerprint density at radius 1 is 0.857 bits per heavy atom. The van der Waals surface area contributed by atoms with Gasteiger partial charge in [-0.2, -0.15) is 0 Å². The quantitative estimate of drug-likeness (QED) is 0.500. The van der Waals surface area contributed by atoms with Crippen molar-refractivity contribution in [2.24, 2.45) is 17.2 Å². The summed E-state index contributed by atoms with van der Waals surface area (Å²) >= 11 is 0. The topological polar surface area (TPSA) is 157 Å². The summed E-state index contributed by atoms with van der Waals surface area (Å²) in [6, 6.07) is 0. The smallest absolute Gasteiger partial charge is 0.371 e. The number of carbonyl (C=O) groups excluding carboxylic acids is 3. The fourth-order valence-electron chi connectivity index (χ4n) is 0.611. The molecule has 0 aliphatic heterocycles. The van der Waals surface area contributed by atoms with Crippen molar-refractivity contribution in [3.63, 3.8) is 0 Å². The van der Waals surface area contributed by atoms with Crippen molar-refractivity contribution in [1.82, 2.24) is 0 Å². The van der Waals surface area contributed by atoms with E-state index in [9.17, 15) is 14.4 Å². The van der Waals surface area contributed by atoms with Crippen molar-refractivity contribution < 1.29 is 28.6 Å². The number of nitrogens with two attached hydrogens (primary N) is 3. The Morgan fingerprint density at radius 3 is 1.21 bits per heavy atom. The lowest BCUT2D eigenvalue weighted by Crippen LogP contribution is -2.45. The molecule has 0 radical (unpaired) electrons. The number of primary amides is 3. The highest BCUT2D eigenvalue weighted by molar-refractivity contribution is 5.69. The lowest BCUT2D eigenvalue weighted by molar-refractivity contribution is -0.282. The van der Waals surface area contributed by atoms with Gasteiger partial charge in [0, 0.05) is 0 Å². The summed E-state index contributed by atoms with van der Waals surface area (Å²) in [5, 5.41) is 0. The minimum absolute atomic E-state index is 0.910. The van der Waals surface area contributed by atoms with Crippen LogP contribution in [0.4, 0.5) is 14.4 Å². The van der Waals surface area contributed by atoms with Crippen molar-refractivity contribution in [3.8, 4) is 0 Å². The Balaban J connectivity index is 4.56. The molecule has 9 nitrogen and oxygen atoms in total. The number of hydrogen-bond donors (Lipinski definition) is 3. The van der Waals surface area contributed by atoms with Gasteiger partial charge < -0.3 is 31.4 Å². The zero-order valence-electron chi connectivity index (χ0n) is 7.18. The van der Waals surface area contributed by atoms with Gasteiger partial charge in [0.1, 0.15) is 0 Å².